The summed E-state index contributed by atoms with van der Waals surface area (Å²) >= 11 is 3.83. The minimum atomic E-state index is -2.36. The van der Waals surface area contributed by atoms with Crippen LogP contribution >= 0.6 is 11.6 Å². The van der Waals surface area contributed by atoms with Crippen molar-refractivity contribution in [3.63, 3.8) is 0 Å². The van der Waals surface area contributed by atoms with Crippen molar-refractivity contribution in [2.45, 2.75) is 118 Å². The van der Waals surface area contributed by atoms with Crippen molar-refractivity contribution < 1.29 is 9.16 Å². The quantitative estimate of drug-likeness (QED) is 0.147. The standard InChI is InChI=1S/C16H24ClO2Si.3C4H9.Sn/c1-5-15(19-20(6-2,7-3)8-4)13-18-16-11-9-10-14(17)12-16;3*1-3-4-2;/h1,5,9-12,15H,6-8,13H2,2-4H3;3*1,3-4H2,2H3;. The van der Waals surface area contributed by atoms with E-state index in [1.807, 2.05) is 24.3 Å². The zero-order chi connectivity index (χ0) is 24.6. The summed E-state index contributed by atoms with van der Waals surface area (Å²) in [5.74, 6) is 0.832. The Hall–Kier alpha value is 0.0256. The molecule has 0 heterocycles. The Labute approximate surface area is 215 Å². The molecule has 190 valence electrons. The van der Waals surface area contributed by atoms with Crippen LogP contribution in [0.4, 0.5) is 0 Å². The number of benzene rings is 1. The molecule has 0 aliphatic heterocycles. The van der Waals surface area contributed by atoms with E-state index < -0.39 is 26.7 Å². The Kier molecular flexibility index (Phi) is 16.4. The Balaban J connectivity index is 3.18. The molecule has 0 bridgehead atoms. The van der Waals surface area contributed by atoms with Crippen molar-refractivity contribution in [3.8, 4) is 5.75 Å². The van der Waals surface area contributed by atoms with E-state index in [0.29, 0.717) is 11.6 Å². The van der Waals surface area contributed by atoms with E-state index >= 15 is 0 Å². The predicted molar refractivity (Wildman–Crippen MR) is 153 cm³/mol. The van der Waals surface area contributed by atoms with Gasteiger partial charge in [-0.25, -0.2) is 0 Å². The summed E-state index contributed by atoms with van der Waals surface area (Å²) in [6.45, 7) is 14.5. The molecule has 1 aromatic carbocycles. The summed E-state index contributed by atoms with van der Waals surface area (Å²) in [4.78, 5) is 0. The summed E-state index contributed by atoms with van der Waals surface area (Å²) in [7, 11) is -1.74. The van der Waals surface area contributed by atoms with Gasteiger partial charge in [0.05, 0.1) is 0 Å². The van der Waals surface area contributed by atoms with E-state index in [9.17, 15) is 0 Å². The fraction of sp³-hybridized carbons (Fsp3) is 0.714. The van der Waals surface area contributed by atoms with Gasteiger partial charge in [-0.3, -0.25) is 0 Å². The molecule has 0 saturated heterocycles. The molecule has 0 aromatic heterocycles. The molecule has 1 unspecified atom stereocenters. The van der Waals surface area contributed by atoms with Crippen molar-refractivity contribution in [1.29, 1.82) is 0 Å². The van der Waals surface area contributed by atoms with Crippen LogP contribution in [0.5, 0.6) is 5.75 Å². The average Bonchev–Trinajstić information content (AvgIpc) is 2.84. The summed E-state index contributed by atoms with van der Waals surface area (Å²) in [6, 6.07) is 11.2. The fourth-order valence-corrected chi connectivity index (χ4v) is 22.1. The number of hydrogen-bond donors (Lipinski definition) is 0. The van der Waals surface area contributed by atoms with Crippen LogP contribution in [0.1, 0.15) is 80.1 Å². The van der Waals surface area contributed by atoms with Crippen LogP contribution in [0, 0.1) is 0 Å². The number of unbranched alkanes of at least 4 members (excludes halogenated alkanes) is 3. The molecule has 1 atom stereocenters. The van der Waals surface area contributed by atoms with Gasteiger partial charge in [-0.2, -0.15) is 0 Å². The molecule has 0 spiro atoms. The second-order valence-corrected chi connectivity index (χ2v) is 27.9. The van der Waals surface area contributed by atoms with E-state index in [2.05, 4.69) is 51.7 Å². The molecule has 1 rings (SSSR count). The predicted octanol–water partition coefficient (Wildman–Crippen LogP) is 10.1. The molecule has 0 fully saturated rings. The topological polar surface area (TPSA) is 18.5 Å². The minimum absolute atomic E-state index is 0.0384. The monoisotopic (exact) mass is 602 g/mol. The van der Waals surface area contributed by atoms with Gasteiger partial charge in [0.2, 0.25) is 0 Å². The van der Waals surface area contributed by atoms with Crippen molar-refractivity contribution in [2.24, 2.45) is 0 Å². The van der Waals surface area contributed by atoms with Gasteiger partial charge in [-0.15, -0.1) is 0 Å². The third-order valence-corrected chi connectivity index (χ3v) is 26.3. The second kappa shape index (κ2) is 17.5. The van der Waals surface area contributed by atoms with Gasteiger partial charge in [0.15, 0.2) is 0 Å². The average molecular weight is 602 g/mol. The van der Waals surface area contributed by atoms with Gasteiger partial charge in [-0.1, -0.05) is 0 Å². The van der Waals surface area contributed by atoms with Crippen LogP contribution < -0.4 is 4.74 Å². The first-order valence-electron chi connectivity index (χ1n) is 13.7. The van der Waals surface area contributed by atoms with Crippen molar-refractivity contribution in [3.05, 3.63) is 39.5 Å². The van der Waals surface area contributed by atoms with Gasteiger partial charge in [0.1, 0.15) is 0 Å². The Morgan fingerprint density at radius 1 is 0.879 bits per heavy atom. The first-order valence-corrected chi connectivity index (χ1v) is 24.3. The molecule has 1 aromatic rings. The molecular formula is C28H51ClO2SiSn. The number of hydrogen-bond acceptors (Lipinski definition) is 2. The summed E-state index contributed by atoms with van der Waals surface area (Å²) in [6.07, 6.45) is 10.6. The van der Waals surface area contributed by atoms with Crippen molar-refractivity contribution in [1.82, 2.24) is 0 Å². The van der Waals surface area contributed by atoms with Crippen LogP contribution in [0.25, 0.3) is 0 Å². The summed E-state index contributed by atoms with van der Waals surface area (Å²) in [5, 5.41) is 0.717. The van der Waals surface area contributed by atoms with Crippen molar-refractivity contribution >= 4 is 38.3 Å². The first-order chi connectivity index (χ1) is 15.9. The third kappa shape index (κ3) is 11.5. The molecule has 0 N–H and O–H groups in total. The third-order valence-electron chi connectivity index (χ3n) is 7.29. The molecule has 0 saturated carbocycles. The fourth-order valence-electron chi connectivity index (χ4n) is 4.71. The molecule has 5 heteroatoms. The van der Waals surface area contributed by atoms with Crippen LogP contribution in [-0.4, -0.2) is 39.4 Å². The van der Waals surface area contributed by atoms with E-state index in [1.54, 1.807) is 0 Å². The molecule has 33 heavy (non-hydrogen) atoms. The van der Waals surface area contributed by atoms with Gasteiger partial charge >= 0.3 is 217 Å². The normalized spacial score (nSPS) is 13.5. The molecule has 0 aliphatic carbocycles. The zero-order valence-electron chi connectivity index (χ0n) is 22.4. The van der Waals surface area contributed by atoms with Crippen LogP contribution in [0.3, 0.4) is 0 Å². The summed E-state index contributed by atoms with van der Waals surface area (Å²) in [5.41, 5.74) is 0. The molecule has 0 amide bonds. The molecule has 0 radical (unpaired) electrons. The SMILES string of the molecule is CCC[CH2][Sn](/[CH]=C/C(COc1cccc(Cl)c1)O[Si](CC)(CC)CC)([CH2]CCC)[CH2]CCC. The maximum absolute atomic E-state index is 6.97. The maximum atomic E-state index is 6.97. The van der Waals surface area contributed by atoms with E-state index in [-0.39, 0.29) is 6.10 Å². The van der Waals surface area contributed by atoms with Gasteiger partial charge in [0, 0.05) is 0 Å². The van der Waals surface area contributed by atoms with Crippen LogP contribution in [0.15, 0.2) is 34.4 Å². The summed E-state index contributed by atoms with van der Waals surface area (Å²) < 4.78 is 20.4. The molecular weight excluding hydrogens is 551 g/mol. The van der Waals surface area contributed by atoms with E-state index in [0.717, 1.165) is 23.9 Å². The van der Waals surface area contributed by atoms with E-state index in [1.165, 1.54) is 51.8 Å². The Morgan fingerprint density at radius 2 is 1.42 bits per heavy atom. The van der Waals surface area contributed by atoms with Gasteiger partial charge in [-0.05, 0) is 0 Å². The van der Waals surface area contributed by atoms with Gasteiger partial charge < -0.3 is 0 Å². The van der Waals surface area contributed by atoms with Crippen LogP contribution in [-0.2, 0) is 4.43 Å². The Morgan fingerprint density at radius 3 is 1.88 bits per heavy atom. The van der Waals surface area contributed by atoms with E-state index in [4.69, 9.17) is 20.8 Å². The van der Waals surface area contributed by atoms with Crippen LogP contribution in [0.2, 0.25) is 36.5 Å². The van der Waals surface area contributed by atoms with Gasteiger partial charge in [0.25, 0.3) is 0 Å². The number of ether oxygens (including phenoxy) is 1. The Bertz CT molecular complexity index is 633. The first kappa shape index (κ1) is 31.1. The number of halogens is 1. The second-order valence-electron chi connectivity index (χ2n) is 9.70. The molecule has 2 nitrogen and oxygen atoms in total. The molecule has 0 aliphatic rings. The number of rotatable bonds is 19. The zero-order valence-corrected chi connectivity index (χ0v) is 27.0. The van der Waals surface area contributed by atoms with Crippen molar-refractivity contribution in [2.75, 3.05) is 6.61 Å².